The predicted octanol–water partition coefficient (Wildman–Crippen LogP) is 6.10. The summed E-state index contributed by atoms with van der Waals surface area (Å²) in [6.07, 6.45) is -19.1. The molecule has 108 heavy (non-hydrogen) atoms. The number of halogens is 13. The first-order valence-corrected chi connectivity index (χ1v) is 35.7. The first kappa shape index (κ1) is 86.4. The zero-order chi connectivity index (χ0) is 80.6. The van der Waals surface area contributed by atoms with E-state index < -0.39 is 248 Å². The third kappa shape index (κ3) is 21.1. The molecular formula is C71H93F13N12O12. The lowest BCUT2D eigenvalue weighted by molar-refractivity contribution is -0.163. The number of fused-ring (bicyclic) bond motifs is 1. The molecule has 2 aromatic rings. The Morgan fingerprint density at radius 2 is 1.17 bits per heavy atom. The standard InChI is InChI=1S/C71H93F13N12O12/c1-10-40(2)57-64(106)90(5)37-54(99)88(3)38-55(100)91(6)48(32-41-20-23-44(24-21-41)70(79,80)81)62(104)89(4)36-52(97)85-47(25-22-42-30-45(72)56(46(73)31-42)71(82,83)84)61(103)96-39-68(74,75)34-51(96)60(102)87-67(26-14-15-27-67)66(108)94(9)58(43-18-12-11-13-19-43)65(107)93(8)49(63(105)95-28-16-17-29-95)33-53(98)92(7)50(59(101)86-57)35-69(76,77)78/h20-21,23-24,30-31,40,43,47-51,57-58H,10-19,22,25-29,32-39H2,1-9H3,(H,85,97)(H,86,101)(H,87,102)/t40-,47-,48-,49-,50-,51?,57-,58-/m0/s1. The van der Waals surface area contributed by atoms with E-state index in [9.17, 15) is 77.9 Å². The Morgan fingerprint density at radius 3 is 1.72 bits per heavy atom. The van der Waals surface area contributed by atoms with Crippen molar-refractivity contribution < 1.29 is 115 Å². The number of alkyl halides is 11. The van der Waals surface area contributed by atoms with Gasteiger partial charge in [0.2, 0.25) is 70.9 Å². The second-order valence-electron chi connectivity index (χ2n) is 29.1. The van der Waals surface area contributed by atoms with E-state index >= 15 is 36.7 Å². The zero-order valence-electron chi connectivity index (χ0n) is 61.5. The van der Waals surface area contributed by atoms with E-state index in [1.165, 1.54) is 18.9 Å². The predicted molar refractivity (Wildman–Crippen MR) is 359 cm³/mol. The van der Waals surface area contributed by atoms with Gasteiger partial charge in [0, 0.05) is 75.3 Å². The first-order valence-electron chi connectivity index (χ1n) is 35.7. The van der Waals surface area contributed by atoms with Crippen LogP contribution in [0.2, 0.25) is 0 Å². The third-order valence-corrected chi connectivity index (χ3v) is 21.3. The lowest BCUT2D eigenvalue weighted by Crippen LogP contribution is -2.65. The zero-order valence-corrected chi connectivity index (χ0v) is 61.5. The Labute approximate surface area is 616 Å². The summed E-state index contributed by atoms with van der Waals surface area (Å²) >= 11 is 0. The highest BCUT2D eigenvalue weighted by atomic mass is 19.4. The molecule has 2 aliphatic carbocycles. The van der Waals surface area contributed by atoms with Gasteiger partial charge in [-0.2, -0.15) is 39.5 Å². The molecule has 7 rings (SSSR count). The van der Waals surface area contributed by atoms with Gasteiger partial charge in [-0.05, 0) is 98.6 Å². The molecule has 1 spiro atoms. The number of aryl methyl sites for hydroxylation is 1. The maximum atomic E-state index is 16.1. The molecular weight excluding hydrogens is 1460 g/mol. The van der Waals surface area contributed by atoms with Crippen LogP contribution >= 0.6 is 0 Å². The normalized spacial score (nSPS) is 25.4. The maximum absolute atomic E-state index is 16.1. The van der Waals surface area contributed by atoms with E-state index in [0.717, 1.165) is 78.9 Å². The third-order valence-electron chi connectivity index (χ3n) is 21.3. The van der Waals surface area contributed by atoms with Crippen LogP contribution in [0.15, 0.2) is 36.4 Å². The molecule has 600 valence electrons. The van der Waals surface area contributed by atoms with E-state index in [-0.39, 0.29) is 75.7 Å². The molecule has 3 saturated heterocycles. The monoisotopic (exact) mass is 1550 g/mol. The molecule has 2 aromatic carbocycles. The number of likely N-dealkylation sites (tertiary alicyclic amines) is 1. The van der Waals surface area contributed by atoms with Crippen LogP contribution in [-0.4, -0.2) is 264 Å². The Balaban J connectivity index is 1.34. The highest BCUT2D eigenvalue weighted by molar-refractivity contribution is 6.01. The van der Waals surface area contributed by atoms with Crippen molar-refractivity contribution >= 4 is 70.9 Å². The topological polar surface area (TPSA) is 270 Å². The minimum Gasteiger partial charge on any atom is -0.343 e. The molecule has 0 radical (unpaired) electrons. The fourth-order valence-corrected chi connectivity index (χ4v) is 14.8. The molecule has 37 heteroatoms. The lowest BCUT2D eigenvalue weighted by atomic mass is 9.81. The van der Waals surface area contributed by atoms with Crippen molar-refractivity contribution in [3.05, 3.63) is 70.3 Å². The second-order valence-corrected chi connectivity index (χ2v) is 29.1. The van der Waals surface area contributed by atoms with Gasteiger partial charge in [0.15, 0.2) is 0 Å². The molecule has 2 saturated carbocycles. The van der Waals surface area contributed by atoms with Crippen LogP contribution < -0.4 is 16.0 Å². The minimum absolute atomic E-state index is 0.0221. The fraction of sp³-hybridized carbons (Fsp3) is 0.662. The van der Waals surface area contributed by atoms with E-state index in [4.69, 9.17) is 0 Å². The van der Waals surface area contributed by atoms with Gasteiger partial charge >= 0.3 is 18.5 Å². The quantitative estimate of drug-likeness (QED) is 0.228. The number of benzene rings is 2. The number of carbonyl (C=O) groups excluding carboxylic acids is 12. The van der Waals surface area contributed by atoms with Crippen LogP contribution in [0.5, 0.6) is 0 Å². The number of likely N-dealkylation sites (N-methyl/N-ethyl adjacent to an activating group) is 7. The molecule has 3 aliphatic heterocycles. The Hall–Kier alpha value is -8.83. The van der Waals surface area contributed by atoms with Crippen LogP contribution in [0.25, 0.3) is 0 Å². The summed E-state index contributed by atoms with van der Waals surface area (Å²) in [5.74, 6) is -23.8. The Morgan fingerprint density at radius 1 is 0.602 bits per heavy atom. The van der Waals surface area contributed by atoms with Gasteiger partial charge in [-0.1, -0.05) is 64.5 Å². The average Bonchev–Trinajstić information content (AvgIpc) is 1.74. The number of nitrogens with one attached hydrogen (secondary N) is 3. The van der Waals surface area contributed by atoms with Gasteiger partial charge < -0.3 is 60.0 Å². The molecule has 0 aromatic heterocycles. The number of hydrogen-bond donors (Lipinski definition) is 3. The number of carbonyl (C=O) groups is 12. The summed E-state index contributed by atoms with van der Waals surface area (Å²) in [6, 6.07) is -9.97. The Kier molecular flexibility index (Phi) is 28.2. The summed E-state index contributed by atoms with van der Waals surface area (Å²) < 4.78 is 189. The molecule has 3 N–H and O–H groups in total. The van der Waals surface area contributed by atoms with Crippen LogP contribution in [-0.2, 0) is 82.7 Å². The van der Waals surface area contributed by atoms with E-state index in [2.05, 4.69) is 16.0 Å². The summed E-state index contributed by atoms with van der Waals surface area (Å²) in [5.41, 5.74) is -6.05. The molecule has 0 bridgehead atoms. The van der Waals surface area contributed by atoms with E-state index in [0.29, 0.717) is 58.9 Å². The highest BCUT2D eigenvalue weighted by Gasteiger charge is 2.56. The van der Waals surface area contributed by atoms with Gasteiger partial charge in [0.05, 0.1) is 44.6 Å². The number of nitrogens with zero attached hydrogens (tertiary/aromatic N) is 9. The summed E-state index contributed by atoms with van der Waals surface area (Å²) in [5, 5.41) is 7.17. The molecule has 12 amide bonds. The van der Waals surface area contributed by atoms with Gasteiger partial charge in [0.25, 0.3) is 5.92 Å². The molecule has 5 fully saturated rings. The van der Waals surface area contributed by atoms with Crippen molar-refractivity contribution in [1.82, 2.24) is 60.0 Å². The second kappa shape index (κ2) is 35.2. The van der Waals surface area contributed by atoms with Crippen molar-refractivity contribution in [1.29, 1.82) is 0 Å². The van der Waals surface area contributed by atoms with E-state index in [1.54, 1.807) is 6.92 Å². The minimum atomic E-state index is -5.54. The lowest BCUT2D eigenvalue weighted by Gasteiger charge is -2.43. The molecule has 5 aliphatic rings. The molecule has 8 atom stereocenters. The van der Waals surface area contributed by atoms with Crippen LogP contribution in [0, 0.1) is 23.5 Å². The smallest absolute Gasteiger partial charge is 0.343 e. The van der Waals surface area contributed by atoms with Crippen molar-refractivity contribution in [2.45, 2.75) is 202 Å². The van der Waals surface area contributed by atoms with Crippen molar-refractivity contribution in [2.24, 2.45) is 11.8 Å². The number of amides is 12. The highest BCUT2D eigenvalue weighted by Crippen LogP contribution is 2.40. The van der Waals surface area contributed by atoms with Gasteiger partial charge in [0.1, 0.15) is 65.0 Å². The molecule has 1 unspecified atom stereocenters. The van der Waals surface area contributed by atoms with Gasteiger partial charge in [-0.25, -0.2) is 17.6 Å². The van der Waals surface area contributed by atoms with Gasteiger partial charge in [-0.15, -0.1) is 0 Å². The number of rotatable bonds is 10. The van der Waals surface area contributed by atoms with Crippen molar-refractivity contribution in [3.63, 3.8) is 0 Å². The largest absolute Gasteiger partial charge is 0.422 e. The van der Waals surface area contributed by atoms with Crippen LogP contribution in [0.1, 0.15) is 139 Å². The van der Waals surface area contributed by atoms with Crippen molar-refractivity contribution in [2.75, 3.05) is 88.6 Å². The summed E-state index contributed by atoms with van der Waals surface area (Å²) in [7, 11) is 7.38. The van der Waals surface area contributed by atoms with E-state index in [1.807, 2.05) is 0 Å². The van der Waals surface area contributed by atoms with Crippen LogP contribution in [0.3, 0.4) is 0 Å². The molecule has 3 heterocycles. The first-order chi connectivity index (χ1) is 50.2. The average molecular weight is 1550 g/mol. The number of hydrogen-bond acceptors (Lipinski definition) is 12. The van der Waals surface area contributed by atoms with Gasteiger partial charge in [-0.3, -0.25) is 57.5 Å². The maximum Gasteiger partial charge on any atom is 0.422 e. The molecule has 24 nitrogen and oxygen atoms in total. The van der Waals surface area contributed by atoms with Crippen LogP contribution in [0.4, 0.5) is 57.1 Å². The summed E-state index contributed by atoms with van der Waals surface area (Å²) in [4.78, 5) is 184. The fourth-order valence-electron chi connectivity index (χ4n) is 14.8. The SMILES string of the molecule is CC[C@H](C)[C@@H]1NC(=O)[C@H](CC(F)(F)F)N(C)C(=O)C[C@@H](C(=O)N2CCCC2)N(C)C(=O)[C@H](C2CCCCC2)N(C)C(=O)C2(CCCC2)NC(=O)C2CC(F)(F)CN2C(=O)[C@H](CCc2cc(F)c(C(F)(F)F)c(F)c2)NC(=O)CN(C)C(=O)[C@H](Cc2ccc(C(F)(F)F)cc2)N(C)C(=O)CN(C)C(=O)CN(C)C1=O. The van der Waals surface area contributed by atoms with Crippen molar-refractivity contribution in [3.8, 4) is 0 Å². The summed E-state index contributed by atoms with van der Waals surface area (Å²) in [6.45, 7) is -1.28. The Bertz CT molecular complexity index is 3640.